The van der Waals surface area contributed by atoms with Gasteiger partial charge in [0.25, 0.3) is 0 Å². The number of carbonyl (C=O) groups excluding carboxylic acids is 2. The minimum Gasteiger partial charge on any atom is -0.507 e. The van der Waals surface area contributed by atoms with Crippen molar-refractivity contribution in [1.82, 2.24) is 10.0 Å². The first kappa shape index (κ1) is 16.9. The average Bonchev–Trinajstić information content (AvgIpc) is 3.12. The van der Waals surface area contributed by atoms with Gasteiger partial charge in [-0.3, -0.25) is 0 Å². The van der Waals surface area contributed by atoms with Crippen molar-refractivity contribution >= 4 is 18.3 Å². The van der Waals surface area contributed by atoms with Crippen LogP contribution in [-0.2, 0) is 9.47 Å². The van der Waals surface area contributed by atoms with Crippen LogP contribution < -0.4 is 0 Å². The van der Waals surface area contributed by atoms with E-state index in [9.17, 15) is 14.7 Å². The fourth-order valence-electron chi connectivity index (χ4n) is 3.06. The third-order valence-corrected chi connectivity index (χ3v) is 4.09. The Hall–Kier alpha value is -2.96. The number of nitrogens with zero attached hydrogens (tertiary/aromatic N) is 2. The fourth-order valence-corrected chi connectivity index (χ4v) is 3.06. The van der Waals surface area contributed by atoms with Crippen molar-refractivity contribution in [3.63, 3.8) is 0 Å². The molecule has 0 saturated carbocycles. The highest BCUT2D eigenvalue weighted by Gasteiger charge is 2.51. The van der Waals surface area contributed by atoms with Gasteiger partial charge >= 0.3 is 12.2 Å². The molecule has 25 heavy (non-hydrogen) atoms. The molecule has 1 saturated heterocycles. The van der Waals surface area contributed by atoms with Gasteiger partial charge in [0.15, 0.2) is 0 Å². The number of aromatic hydroxyl groups is 1. The van der Waals surface area contributed by atoms with Crippen LogP contribution in [0.5, 0.6) is 5.75 Å². The highest BCUT2D eigenvalue weighted by Crippen LogP contribution is 2.40. The van der Waals surface area contributed by atoms with Crippen molar-refractivity contribution in [3.05, 3.63) is 47.6 Å². The summed E-state index contributed by atoms with van der Waals surface area (Å²) in [5, 5.41) is 12.5. The van der Waals surface area contributed by atoms with Gasteiger partial charge in [-0.25, -0.2) is 19.6 Å². The molecule has 0 aromatic heterocycles. The SMILES string of the molecule is CCOC(=O)N1[C@@H]2C=C[C@@H](C2=Cc2ccccc2O)N1C(=O)OCC. The number of hydrogen-bond acceptors (Lipinski definition) is 5. The highest BCUT2D eigenvalue weighted by atomic mass is 16.6. The number of hydrogen-bond donors (Lipinski definition) is 1. The molecule has 1 aromatic rings. The van der Waals surface area contributed by atoms with Crippen LogP contribution in [-0.4, -0.2) is 52.6 Å². The van der Waals surface area contributed by atoms with Crippen LogP contribution in [0.3, 0.4) is 0 Å². The van der Waals surface area contributed by atoms with Crippen LogP contribution in [0.2, 0.25) is 0 Å². The molecule has 7 nitrogen and oxygen atoms in total. The molecule has 132 valence electrons. The van der Waals surface area contributed by atoms with Crippen molar-refractivity contribution in [1.29, 1.82) is 0 Å². The van der Waals surface area contributed by atoms with Gasteiger partial charge in [-0.15, -0.1) is 0 Å². The van der Waals surface area contributed by atoms with Crippen molar-refractivity contribution in [2.24, 2.45) is 0 Å². The van der Waals surface area contributed by atoms with Gasteiger partial charge in [-0.2, -0.15) is 0 Å². The Kier molecular flexibility index (Phi) is 4.65. The molecule has 7 heteroatoms. The molecule has 0 radical (unpaired) electrons. The number of benzene rings is 1. The quantitative estimate of drug-likeness (QED) is 0.853. The number of fused-ring (bicyclic) bond motifs is 2. The first-order chi connectivity index (χ1) is 12.1. The zero-order chi connectivity index (χ0) is 18.0. The molecular formula is C18H20N2O5. The second kappa shape index (κ2) is 6.88. The van der Waals surface area contributed by atoms with E-state index in [0.717, 1.165) is 5.57 Å². The molecular weight excluding hydrogens is 324 g/mol. The average molecular weight is 344 g/mol. The number of carbonyl (C=O) groups is 2. The lowest BCUT2D eigenvalue weighted by Gasteiger charge is -2.32. The van der Waals surface area contributed by atoms with Crippen LogP contribution in [0.25, 0.3) is 6.08 Å². The van der Waals surface area contributed by atoms with Crippen molar-refractivity contribution in [3.8, 4) is 5.75 Å². The zero-order valence-electron chi connectivity index (χ0n) is 14.1. The molecule has 1 aliphatic heterocycles. The highest BCUT2D eigenvalue weighted by molar-refractivity contribution is 5.81. The topological polar surface area (TPSA) is 79.3 Å². The summed E-state index contributed by atoms with van der Waals surface area (Å²) in [6, 6.07) is 5.99. The summed E-state index contributed by atoms with van der Waals surface area (Å²) in [5.41, 5.74) is 1.41. The van der Waals surface area contributed by atoms with E-state index in [1.165, 1.54) is 10.0 Å². The van der Waals surface area contributed by atoms with Crippen LogP contribution in [0.4, 0.5) is 9.59 Å². The number of amides is 2. The van der Waals surface area contributed by atoms with Gasteiger partial charge in [0.05, 0.1) is 25.3 Å². The summed E-state index contributed by atoms with van der Waals surface area (Å²) >= 11 is 0. The third-order valence-electron chi connectivity index (χ3n) is 4.09. The van der Waals surface area contributed by atoms with E-state index in [2.05, 4.69) is 0 Å². The zero-order valence-corrected chi connectivity index (χ0v) is 14.1. The Morgan fingerprint density at radius 3 is 2.04 bits per heavy atom. The van der Waals surface area contributed by atoms with Crippen LogP contribution >= 0.6 is 0 Å². The summed E-state index contributed by atoms with van der Waals surface area (Å²) in [6.07, 6.45) is 4.23. The molecule has 2 aliphatic rings. The Labute approximate surface area is 145 Å². The van der Waals surface area contributed by atoms with Gasteiger partial charge < -0.3 is 14.6 Å². The van der Waals surface area contributed by atoms with E-state index < -0.39 is 24.3 Å². The van der Waals surface area contributed by atoms with Gasteiger partial charge in [-0.05, 0) is 31.6 Å². The molecule has 1 N–H and O–H groups in total. The lowest BCUT2D eigenvalue weighted by molar-refractivity contribution is -0.0130. The largest absolute Gasteiger partial charge is 0.507 e. The molecule has 0 spiro atoms. The number of hydrazine groups is 1. The fraction of sp³-hybridized carbons (Fsp3) is 0.333. The van der Waals surface area contributed by atoms with Crippen LogP contribution in [0.1, 0.15) is 19.4 Å². The summed E-state index contributed by atoms with van der Waals surface area (Å²) in [7, 11) is 0. The smallest absolute Gasteiger partial charge is 0.429 e. The molecule has 2 bridgehead atoms. The number of phenolic OH excluding ortho intramolecular Hbond substituents is 1. The van der Waals surface area contributed by atoms with E-state index in [-0.39, 0.29) is 19.0 Å². The predicted octanol–water partition coefficient (Wildman–Crippen LogP) is 2.93. The molecule has 1 aliphatic carbocycles. The van der Waals surface area contributed by atoms with Crippen LogP contribution in [0.15, 0.2) is 42.0 Å². The molecule has 1 aromatic carbocycles. The minimum atomic E-state index is -0.615. The summed E-state index contributed by atoms with van der Waals surface area (Å²) in [6.45, 7) is 3.81. The summed E-state index contributed by atoms with van der Waals surface area (Å²) in [4.78, 5) is 24.7. The van der Waals surface area contributed by atoms with Gasteiger partial charge in [0, 0.05) is 5.56 Å². The van der Waals surface area contributed by atoms with E-state index in [4.69, 9.17) is 9.47 Å². The summed E-state index contributed by atoms with van der Waals surface area (Å²) in [5.74, 6) is 0.131. The molecule has 0 unspecified atom stereocenters. The van der Waals surface area contributed by atoms with E-state index in [1.54, 1.807) is 38.1 Å². The normalized spacial score (nSPS) is 22.6. The maximum absolute atomic E-state index is 12.4. The summed E-state index contributed by atoms with van der Waals surface area (Å²) < 4.78 is 10.2. The second-order valence-corrected chi connectivity index (χ2v) is 5.56. The molecule has 3 rings (SSSR count). The first-order valence-corrected chi connectivity index (χ1v) is 8.18. The van der Waals surface area contributed by atoms with E-state index in [1.807, 2.05) is 18.2 Å². The Morgan fingerprint density at radius 2 is 1.56 bits per heavy atom. The number of rotatable bonds is 3. The molecule has 2 atom stereocenters. The van der Waals surface area contributed by atoms with Crippen molar-refractivity contribution in [2.45, 2.75) is 25.9 Å². The maximum atomic E-state index is 12.4. The molecule has 1 fully saturated rings. The van der Waals surface area contributed by atoms with Crippen molar-refractivity contribution < 1.29 is 24.2 Å². The molecule has 1 heterocycles. The first-order valence-electron chi connectivity index (χ1n) is 8.18. The standard InChI is InChI=1S/C18H20N2O5/c1-3-24-17(22)19-14-9-10-15(20(19)18(23)25-4-2)13(14)11-12-7-5-6-8-16(12)21/h5-11,14-15,21H,3-4H2,1-2H3/t14-,15+. The number of phenols is 1. The Bertz CT molecular complexity index is 707. The minimum absolute atomic E-state index is 0.131. The maximum Gasteiger partial charge on any atom is 0.429 e. The van der Waals surface area contributed by atoms with Gasteiger partial charge in [-0.1, -0.05) is 30.4 Å². The van der Waals surface area contributed by atoms with E-state index in [0.29, 0.717) is 5.56 Å². The van der Waals surface area contributed by atoms with Crippen molar-refractivity contribution in [2.75, 3.05) is 13.2 Å². The lowest BCUT2D eigenvalue weighted by Crippen LogP contribution is -2.52. The second-order valence-electron chi connectivity index (χ2n) is 5.56. The molecule has 2 amide bonds. The third kappa shape index (κ3) is 2.93. The Morgan fingerprint density at radius 1 is 1.04 bits per heavy atom. The number of ether oxygens (including phenoxy) is 2. The van der Waals surface area contributed by atoms with E-state index >= 15 is 0 Å². The predicted molar refractivity (Wildman–Crippen MR) is 90.5 cm³/mol. The van der Waals surface area contributed by atoms with Gasteiger partial charge in [0.1, 0.15) is 5.75 Å². The monoisotopic (exact) mass is 344 g/mol. The van der Waals surface area contributed by atoms with Gasteiger partial charge in [0.2, 0.25) is 0 Å². The number of para-hydroxylation sites is 1. The lowest BCUT2D eigenvalue weighted by atomic mass is 10.0. The Balaban J connectivity index is 1.99. The van der Waals surface area contributed by atoms with Crippen LogP contribution in [0, 0.1) is 0 Å².